The first kappa shape index (κ1) is 21.4. The van der Waals surface area contributed by atoms with Gasteiger partial charge >= 0.3 is 0 Å². The summed E-state index contributed by atoms with van der Waals surface area (Å²) in [6, 6.07) is 11.2. The molecule has 0 heterocycles. The van der Waals surface area contributed by atoms with Crippen molar-refractivity contribution in [2.24, 2.45) is 0 Å². The Morgan fingerprint density at radius 3 is 2.41 bits per heavy atom. The van der Waals surface area contributed by atoms with Gasteiger partial charge in [-0.05, 0) is 36.8 Å². The van der Waals surface area contributed by atoms with Crippen LogP contribution < -0.4 is 10.1 Å². The first-order valence-electron chi connectivity index (χ1n) is 8.15. The van der Waals surface area contributed by atoms with Crippen LogP contribution in [0.1, 0.15) is 12.5 Å². The Balaban J connectivity index is 2.17. The second-order valence-electron chi connectivity index (χ2n) is 5.78. The summed E-state index contributed by atoms with van der Waals surface area (Å²) >= 11 is 18.0. The van der Waals surface area contributed by atoms with Crippen LogP contribution in [0.3, 0.4) is 0 Å². The van der Waals surface area contributed by atoms with Gasteiger partial charge in [-0.1, -0.05) is 53.0 Å². The van der Waals surface area contributed by atoms with Crippen LogP contribution in [-0.2, 0) is 16.1 Å². The molecule has 2 rings (SSSR count). The molecule has 2 aromatic carbocycles. The Hall–Kier alpha value is -1.95. The molecule has 0 saturated carbocycles. The predicted octanol–water partition coefficient (Wildman–Crippen LogP) is 4.19. The molecule has 0 saturated heterocycles. The number of nitrogens with zero attached hydrogens (tertiary/aromatic N) is 1. The summed E-state index contributed by atoms with van der Waals surface area (Å²) in [5.41, 5.74) is 0.742. The number of likely N-dealkylation sites (N-methyl/N-ethyl adjacent to an activating group) is 1. The normalized spacial score (nSPS) is 11.6. The zero-order chi connectivity index (χ0) is 20.0. The van der Waals surface area contributed by atoms with Crippen molar-refractivity contribution in [1.29, 1.82) is 0 Å². The van der Waals surface area contributed by atoms with E-state index in [-0.39, 0.29) is 25.0 Å². The molecule has 1 N–H and O–H groups in total. The summed E-state index contributed by atoms with van der Waals surface area (Å²) in [5.74, 6) is -0.257. The Morgan fingerprint density at radius 2 is 1.78 bits per heavy atom. The molecule has 8 heteroatoms. The van der Waals surface area contributed by atoms with Gasteiger partial charge in [-0.25, -0.2) is 0 Å². The molecule has 0 unspecified atom stereocenters. The van der Waals surface area contributed by atoms with Crippen LogP contribution in [0, 0.1) is 0 Å². The van der Waals surface area contributed by atoms with E-state index in [9.17, 15) is 9.59 Å². The highest BCUT2D eigenvalue weighted by molar-refractivity contribution is 6.42. The molecule has 0 radical (unpaired) electrons. The summed E-state index contributed by atoms with van der Waals surface area (Å²) in [7, 11) is 1.51. The van der Waals surface area contributed by atoms with E-state index in [0.717, 1.165) is 5.56 Å². The van der Waals surface area contributed by atoms with E-state index >= 15 is 0 Å². The number of halogens is 3. The topological polar surface area (TPSA) is 58.6 Å². The van der Waals surface area contributed by atoms with E-state index in [1.165, 1.54) is 11.9 Å². The third-order valence-corrected chi connectivity index (χ3v) is 4.99. The minimum atomic E-state index is -0.702. The van der Waals surface area contributed by atoms with Gasteiger partial charge in [0.2, 0.25) is 5.91 Å². The number of amides is 2. The molecule has 0 bridgehead atoms. The highest BCUT2D eigenvalue weighted by Crippen LogP contribution is 2.25. The summed E-state index contributed by atoms with van der Waals surface area (Å²) < 4.78 is 5.52. The van der Waals surface area contributed by atoms with Gasteiger partial charge in [-0.2, -0.15) is 0 Å². The van der Waals surface area contributed by atoms with Gasteiger partial charge in [0.05, 0.1) is 15.1 Å². The van der Waals surface area contributed by atoms with E-state index in [4.69, 9.17) is 39.5 Å². The molecule has 0 fully saturated rings. The second-order valence-corrected chi connectivity index (χ2v) is 7.00. The first-order chi connectivity index (χ1) is 12.8. The molecule has 27 heavy (non-hydrogen) atoms. The van der Waals surface area contributed by atoms with Crippen molar-refractivity contribution in [3.8, 4) is 5.75 Å². The monoisotopic (exact) mass is 428 g/mol. The average molecular weight is 430 g/mol. The molecule has 0 aliphatic heterocycles. The van der Waals surface area contributed by atoms with Gasteiger partial charge < -0.3 is 15.0 Å². The Morgan fingerprint density at radius 1 is 1.07 bits per heavy atom. The number of hydrogen-bond acceptors (Lipinski definition) is 3. The van der Waals surface area contributed by atoms with Crippen molar-refractivity contribution in [3.63, 3.8) is 0 Å². The maximum atomic E-state index is 12.8. The van der Waals surface area contributed by atoms with E-state index in [1.54, 1.807) is 49.4 Å². The van der Waals surface area contributed by atoms with Gasteiger partial charge in [-0.15, -0.1) is 0 Å². The molecule has 144 valence electrons. The van der Waals surface area contributed by atoms with E-state index in [2.05, 4.69) is 5.32 Å². The molecule has 2 aromatic rings. The van der Waals surface area contributed by atoms with Crippen LogP contribution in [0.25, 0.3) is 0 Å². The number of benzene rings is 2. The lowest BCUT2D eigenvalue weighted by atomic mass is 10.1. The van der Waals surface area contributed by atoms with Crippen LogP contribution in [-0.4, -0.2) is 36.4 Å². The fourth-order valence-corrected chi connectivity index (χ4v) is 2.92. The lowest BCUT2D eigenvalue weighted by Gasteiger charge is -2.28. The minimum absolute atomic E-state index is 0.177. The zero-order valence-corrected chi connectivity index (χ0v) is 17.1. The molecular weight excluding hydrogens is 411 g/mol. The molecule has 2 amide bonds. The summed E-state index contributed by atoms with van der Waals surface area (Å²) in [6.45, 7) is 1.56. The Kier molecular flexibility index (Phi) is 7.78. The Bertz CT molecular complexity index is 830. The molecule has 5 nitrogen and oxygen atoms in total. The third kappa shape index (κ3) is 5.76. The number of hydrogen-bond donors (Lipinski definition) is 1. The molecule has 0 aromatic heterocycles. The van der Waals surface area contributed by atoms with Crippen molar-refractivity contribution in [2.75, 3.05) is 13.7 Å². The van der Waals surface area contributed by atoms with Crippen molar-refractivity contribution in [1.82, 2.24) is 10.2 Å². The van der Waals surface area contributed by atoms with E-state index in [1.807, 2.05) is 0 Å². The van der Waals surface area contributed by atoms with Crippen molar-refractivity contribution in [2.45, 2.75) is 19.5 Å². The number of para-hydroxylation sites is 1. The third-order valence-electron chi connectivity index (χ3n) is 3.94. The highest BCUT2D eigenvalue weighted by atomic mass is 35.5. The van der Waals surface area contributed by atoms with Gasteiger partial charge in [0.1, 0.15) is 11.8 Å². The number of carbonyl (C=O) groups excluding carboxylic acids is 2. The maximum Gasteiger partial charge on any atom is 0.261 e. The molecule has 1 atom stereocenters. The number of ether oxygens (including phenoxy) is 1. The quantitative estimate of drug-likeness (QED) is 0.718. The second kappa shape index (κ2) is 9.83. The van der Waals surface area contributed by atoms with Crippen LogP contribution >= 0.6 is 34.8 Å². The fourth-order valence-electron chi connectivity index (χ4n) is 2.41. The maximum absolute atomic E-state index is 12.8. The van der Waals surface area contributed by atoms with Gasteiger partial charge in [0.25, 0.3) is 5.91 Å². The number of nitrogens with one attached hydrogen (secondary N) is 1. The van der Waals surface area contributed by atoms with E-state index in [0.29, 0.717) is 20.8 Å². The molecule has 0 spiro atoms. The fraction of sp³-hybridized carbons (Fsp3) is 0.263. The predicted molar refractivity (Wildman–Crippen MR) is 107 cm³/mol. The summed E-state index contributed by atoms with van der Waals surface area (Å²) in [5, 5.41) is 3.74. The average Bonchev–Trinajstić information content (AvgIpc) is 2.66. The number of rotatable bonds is 7. The van der Waals surface area contributed by atoms with Crippen LogP contribution in [0.5, 0.6) is 5.75 Å². The lowest BCUT2D eigenvalue weighted by Crippen LogP contribution is -2.48. The van der Waals surface area contributed by atoms with Gasteiger partial charge in [-0.3, -0.25) is 9.59 Å². The smallest absolute Gasteiger partial charge is 0.261 e. The number of carbonyl (C=O) groups is 2. The Labute approximate surface area is 173 Å². The van der Waals surface area contributed by atoms with Crippen LogP contribution in [0.15, 0.2) is 42.5 Å². The summed E-state index contributed by atoms with van der Waals surface area (Å²) in [4.78, 5) is 26.3. The van der Waals surface area contributed by atoms with Crippen LogP contribution in [0.4, 0.5) is 0 Å². The van der Waals surface area contributed by atoms with Gasteiger partial charge in [0.15, 0.2) is 6.61 Å². The molecule has 0 aliphatic carbocycles. The lowest BCUT2D eigenvalue weighted by molar-refractivity contribution is -0.142. The highest BCUT2D eigenvalue weighted by Gasteiger charge is 2.26. The summed E-state index contributed by atoms with van der Waals surface area (Å²) in [6.07, 6.45) is 0. The molecule has 0 aliphatic rings. The zero-order valence-electron chi connectivity index (χ0n) is 14.8. The molecular formula is C19H19Cl3N2O3. The van der Waals surface area contributed by atoms with E-state index < -0.39 is 6.04 Å². The van der Waals surface area contributed by atoms with Crippen LogP contribution in [0.2, 0.25) is 15.1 Å². The van der Waals surface area contributed by atoms with Crippen molar-refractivity contribution >= 4 is 46.6 Å². The van der Waals surface area contributed by atoms with Gasteiger partial charge in [0, 0.05) is 13.6 Å². The first-order valence-corrected chi connectivity index (χ1v) is 9.29. The SMILES string of the molecule is CNC(=O)[C@H](C)N(Cc1ccc(Cl)c(Cl)c1)C(=O)COc1ccccc1Cl. The largest absolute Gasteiger partial charge is 0.482 e. The van der Waals surface area contributed by atoms with Crippen molar-refractivity contribution in [3.05, 3.63) is 63.1 Å². The minimum Gasteiger partial charge on any atom is -0.482 e. The van der Waals surface area contributed by atoms with Crippen molar-refractivity contribution < 1.29 is 14.3 Å². The standard InChI is InChI=1S/C19H19Cl3N2O3/c1-12(19(26)23-2)24(10-13-7-8-14(20)16(22)9-13)18(25)11-27-17-6-4-3-5-15(17)21/h3-9,12H,10-11H2,1-2H3,(H,23,26)/t12-/m0/s1.